The van der Waals surface area contributed by atoms with Gasteiger partial charge in [0.05, 0.1) is 6.42 Å². The molecule has 2 aliphatic rings. The van der Waals surface area contributed by atoms with Gasteiger partial charge in [0.2, 0.25) is 0 Å². The molecule has 0 heterocycles. The molecule has 1 saturated carbocycles. The molecule has 1 spiro atoms. The van der Waals surface area contributed by atoms with Crippen LogP contribution in [0.5, 0.6) is 0 Å². The van der Waals surface area contributed by atoms with Crippen LogP contribution in [0.3, 0.4) is 0 Å². The van der Waals surface area contributed by atoms with E-state index in [0.29, 0.717) is 0 Å². The van der Waals surface area contributed by atoms with E-state index in [2.05, 4.69) is 0 Å². The minimum Gasteiger partial charge on any atom is -0.481 e. The van der Waals surface area contributed by atoms with Gasteiger partial charge in [0.15, 0.2) is 5.78 Å². The Bertz CT molecular complexity index is 525. The van der Waals surface area contributed by atoms with E-state index in [1.807, 2.05) is 12.1 Å². The van der Waals surface area contributed by atoms with E-state index in [4.69, 9.17) is 5.11 Å². The van der Waals surface area contributed by atoms with Crippen molar-refractivity contribution < 1.29 is 14.7 Å². The Morgan fingerprint density at radius 1 is 1.28 bits per heavy atom. The first kappa shape index (κ1) is 11.5. The summed E-state index contributed by atoms with van der Waals surface area (Å²) < 4.78 is 0. The maximum absolute atomic E-state index is 12.4. The van der Waals surface area contributed by atoms with E-state index in [1.165, 1.54) is 0 Å². The third kappa shape index (κ3) is 1.65. The molecule has 1 fully saturated rings. The molecule has 3 rings (SSSR count). The van der Waals surface area contributed by atoms with Gasteiger partial charge in [-0.25, -0.2) is 0 Å². The number of carboxylic acids is 1. The molecule has 0 aromatic heterocycles. The van der Waals surface area contributed by atoms with Gasteiger partial charge < -0.3 is 5.11 Å². The van der Waals surface area contributed by atoms with Crippen LogP contribution in [0.15, 0.2) is 18.2 Å². The highest BCUT2D eigenvalue weighted by atomic mass is 16.4. The van der Waals surface area contributed by atoms with Crippen LogP contribution in [0.4, 0.5) is 0 Å². The quantitative estimate of drug-likeness (QED) is 0.870. The van der Waals surface area contributed by atoms with Crippen molar-refractivity contribution in [3.63, 3.8) is 0 Å². The molecule has 1 aromatic rings. The van der Waals surface area contributed by atoms with E-state index in [1.54, 1.807) is 6.07 Å². The van der Waals surface area contributed by atoms with Crippen molar-refractivity contribution in [3.05, 3.63) is 34.9 Å². The topological polar surface area (TPSA) is 54.4 Å². The Balaban J connectivity index is 1.94. The summed E-state index contributed by atoms with van der Waals surface area (Å²) in [7, 11) is 0. The molecule has 0 saturated heterocycles. The summed E-state index contributed by atoms with van der Waals surface area (Å²) in [6.45, 7) is 0. The summed E-state index contributed by atoms with van der Waals surface area (Å²) in [5.41, 5.74) is 2.53. The molecule has 1 N–H and O–H groups in total. The lowest BCUT2D eigenvalue weighted by atomic mass is 9.82. The number of rotatable bonds is 2. The zero-order valence-electron chi connectivity index (χ0n) is 10.2. The van der Waals surface area contributed by atoms with E-state index in [0.717, 1.165) is 48.8 Å². The van der Waals surface area contributed by atoms with E-state index in [-0.39, 0.29) is 17.6 Å². The normalized spacial score (nSPS) is 20.3. The standard InChI is InChI=1S/C15H16O3/c16-13(17)8-10-3-4-12-11(7-10)9-15(14(12)18)5-1-2-6-15/h3-4,7H,1-2,5-6,8-9H2,(H,16,17). The number of carbonyl (C=O) groups excluding carboxylic acids is 1. The highest BCUT2D eigenvalue weighted by Crippen LogP contribution is 2.48. The van der Waals surface area contributed by atoms with Gasteiger partial charge in [0, 0.05) is 11.0 Å². The van der Waals surface area contributed by atoms with Gasteiger partial charge in [-0.05, 0) is 30.4 Å². The molecule has 1 aromatic carbocycles. The SMILES string of the molecule is O=C(O)Cc1ccc2c(c1)CC1(CCCC1)C2=O. The van der Waals surface area contributed by atoms with Crippen LogP contribution >= 0.6 is 0 Å². The highest BCUT2D eigenvalue weighted by molar-refractivity contribution is 6.05. The third-order valence-corrected chi connectivity index (χ3v) is 4.34. The molecule has 0 unspecified atom stereocenters. The van der Waals surface area contributed by atoms with Gasteiger partial charge >= 0.3 is 5.97 Å². The average molecular weight is 244 g/mol. The highest BCUT2D eigenvalue weighted by Gasteiger charge is 2.46. The molecule has 3 heteroatoms. The number of hydrogen-bond donors (Lipinski definition) is 1. The van der Waals surface area contributed by atoms with Crippen molar-refractivity contribution in [2.45, 2.75) is 38.5 Å². The molecular weight excluding hydrogens is 228 g/mol. The Kier molecular flexibility index (Phi) is 2.51. The van der Waals surface area contributed by atoms with E-state index >= 15 is 0 Å². The first-order valence-corrected chi connectivity index (χ1v) is 6.49. The molecule has 3 nitrogen and oxygen atoms in total. The summed E-state index contributed by atoms with van der Waals surface area (Å²) in [5, 5.41) is 8.81. The summed E-state index contributed by atoms with van der Waals surface area (Å²) in [4.78, 5) is 23.2. The monoisotopic (exact) mass is 244 g/mol. The summed E-state index contributed by atoms with van der Waals surface area (Å²) in [5.74, 6) is -0.535. The third-order valence-electron chi connectivity index (χ3n) is 4.34. The molecule has 0 aliphatic heterocycles. The second-order valence-corrected chi connectivity index (χ2v) is 5.56. The number of fused-ring (bicyclic) bond motifs is 1. The lowest BCUT2D eigenvalue weighted by Crippen LogP contribution is -2.23. The number of ketones is 1. The fourth-order valence-electron chi connectivity index (χ4n) is 3.49. The predicted octanol–water partition coefficient (Wildman–Crippen LogP) is 2.61. The lowest BCUT2D eigenvalue weighted by molar-refractivity contribution is -0.136. The van der Waals surface area contributed by atoms with Gasteiger partial charge in [-0.3, -0.25) is 9.59 Å². The van der Waals surface area contributed by atoms with Crippen molar-refractivity contribution in [1.82, 2.24) is 0 Å². The second kappa shape index (κ2) is 3.94. The lowest BCUT2D eigenvalue weighted by Gasteiger charge is -2.19. The Morgan fingerprint density at radius 2 is 2.00 bits per heavy atom. The molecule has 0 atom stereocenters. The largest absolute Gasteiger partial charge is 0.481 e. The summed E-state index contributed by atoms with van der Waals surface area (Å²) in [6, 6.07) is 5.51. The molecule has 0 bridgehead atoms. The Labute approximate surface area is 106 Å². The summed E-state index contributed by atoms with van der Waals surface area (Å²) in [6.07, 6.45) is 5.12. The molecule has 18 heavy (non-hydrogen) atoms. The first-order chi connectivity index (χ1) is 8.61. The molecule has 94 valence electrons. The van der Waals surface area contributed by atoms with Crippen molar-refractivity contribution in [2.75, 3.05) is 0 Å². The molecule has 0 radical (unpaired) electrons. The number of carboxylic acid groups (broad SMARTS) is 1. The van der Waals surface area contributed by atoms with Crippen LogP contribution in [0.1, 0.15) is 47.2 Å². The van der Waals surface area contributed by atoms with E-state index in [9.17, 15) is 9.59 Å². The number of Topliss-reactive ketones (excluding diaryl/α,β-unsaturated/α-hetero) is 1. The van der Waals surface area contributed by atoms with Crippen LogP contribution < -0.4 is 0 Å². The maximum atomic E-state index is 12.4. The number of aliphatic carboxylic acids is 1. The van der Waals surface area contributed by atoms with Crippen LogP contribution in [0, 0.1) is 5.41 Å². The van der Waals surface area contributed by atoms with Crippen LogP contribution in [0.25, 0.3) is 0 Å². The minimum absolute atomic E-state index is 0.0362. The van der Waals surface area contributed by atoms with Gasteiger partial charge in [0.1, 0.15) is 0 Å². The number of carbonyl (C=O) groups is 2. The van der Waals surface area contributed by atoms with Gasteiger partial charge in [-0.1, -0.05) is 31.0 Å². The average Bonchev–Trinajstić information content (AvgIpc) is 2.86. The fourth-order valence-corrected chi connectivity index (χ4v) is 3.49. The zero-order chi connectivity index (χ0) is 12.8. The van der Waals surface area contributed by atoms with Crippen molar-refractivity contribution in [2.24, 2.45) is 5.41 Å². The maximum Gasteiger partial charge on any atom is 0.307 e. The Morgan fingerprint density at radius 3 is 2.67 bits per heavy atom. The van der Waals surface area contributed by atoms with E-state index < -0.39 is 5.97 Å². The predicted molar refractivity (Wildman–Crippen MR) is 66.7 cm³/mol. The fraction of sp³-hybridized carbons (Fsp3) is 0.467. The van der Waals surface area contributed by atoms with Crippen molar-refractivity contribution in [1.29, 1.82) is 0 Å². The molecular formula is C15H16O3. The first-order valence-electron chi connectivity index (χ1n) is 6.49. The number of benzene rings is 1. The van der Waals surface area contributed by atoms with Gasteiger partial charge in [-0.15, -0.1) is 0 Å². The number of hydrogen-bond acceptors (Lipinski definition) is 2. The smallest absolute Gasteiger partial charge is 0.307 e. The summed E-state index contributed by atoms with van der Waals surface area (Å²) >= 11 is 0. The van der Waals surface area contributed by atoms with Crippen molar-refractivity contribution in [3.8, 4) is 0 Å². The molecule has 2 aliphatic carbocycles. The van der Waals surface area contributed by atoms with Gasteiger partial charge in [0.25, 0.3) is 0 Å². The molecule has 0 amide bonds. The van der Waals surface area contributed by atoms with Crippen LogP contribution in [0.2, 0.25) is 0 Å². The minimum atomic E-state index is -0.824. The zero-order valence-corrected chi connectivity index (χ0v) is 10.2. The van der Waals surface area contributed by atoms with Crippen LogP contribution in [-0.4, -0.2) is 16.9 Å². The van der Waals surface area contributed by atoms with Crippen molar-refractivity contribution >= 4 is 11.8 Å². The van der Waals surface area contributed by atoms with Gasteiger partial charge in [-0.2, -0.15) is 0 Å². The Hall–Kier alpha value is -1.64. The second-order valence-electron chi connectivity index (χ2n) is 5.56. The van der Waals surface area contributed by atoms with Crippen LogP contribution in [-0.2, 0) is 17.6 Å².